The lowest BCUT2D eigenvalue weighted by Crippen LogP contribution is -2.10. The smallest absolute Gasteiger partial charge is 0.184 e. The van der Waals surface area contributed by atoms with Gasteiger partial charge in [-0.1, -0.05) is 6.07 Å². The third kappa shape index (κ3) is 3.29. The van der Waals surface area contributed by atoms with Crippen LogP contribution >= 0.6 is 0 Å². The molecule has 0 bridgehead atoms. The van der Waals surface area contributed by atoms with E-state index in [0.717, 1.165) is 11.1 Å². The van der Waals surface area contributed by atoms with Crippen LogP contribution in [0.5, 0.6) is 0 Å². The second kappa shape index (κ2) is 5.83. The molecule has 0 amide bonds. The Bertz CT molecular complexity index is 306. The number of rotatable bonds is 5. The minimum absolute atomic E-state index is 0.233. The van der Waals surface area contributed by atoms with E-state index in [-0.39, 0.29) is 12.1 Å². The maximum absolute atomic E-state index is 12.9. The topological polar surface area (TPSA) is 18.5 Å². The van der Waals surface area contributed by atoms with Crippen LogP contribution in [0.1, 0.15) is 31.3 Å². The molecule has 0 N–H and O–H groups in total. The SMILES string of the molecule is CCOC(OCC)c1ccc(F)cc1C. The molecule has 0 aliphatic carbocycles. The predicted molar refractivity (Wildman–Crippen MR) is 57.1 cm³/mol. The van der Waals surface area contributed by atoms with Crippen LogP contribution in [-0.2, 0) is 9.47 Å². The Morgan fingerprint density at radius 1 is 1.20 bits per heavy atom. The standard InChI is InChI=1S/C12H17FO2/c1-4-14-12(15-5-2)11-7-6-10(13)8-9(11)3/h6-8,12H,4-5H2,1-3H3. The lowest BCUT2D eigenvalue weighted by atomic mass is 10.1. The van der Waals surface area contributed by atoms with Crippen LogP contribution < -0.4 is 0 Å². The minimum atomic E-state index is -0.388. The molecule has 84 valence electrons. The minimum Gasteiger partial charge on any atom is -0.349 e. The Morgan fingerprint density at radius 2 is 1.80 bits per heavy atom. The molecular weight excluding hydrogens is 195 g/mol. The molecule has 3 heteroatoms. The first-order valence-corrected chi connectivity index (χ1v) is 5.18. The average Bonchev–Trinajstić information content (AvgIpc) is 2.17. The highest BCUT2D eigenvalue weighted by Crippen LogP contribution is 2.23. The third-order valence-electron chi connectivity index (χ3n) is 2.12. The highest BCUT2D eigenvalue weighted by molar-refractivity contribution is 5.27. The van der Waals surface area contributed by atoms with Gasteiger partial charge in [0, 0.05) is 18.8 Å². The summed E-state index contributed by atoms with van der Waals surface area (Å²) in [7, 11) is 0. The van der Waals surface area contributed by atoms with Crippen LogP contribution in [0.15, 0.2) is 18.2 Å². The summed E-state index contributed by atoms with van der Waals surface area (Å²) in [5.74, 6) is -0.233. The number of ether oxygens (including phenoxy) is 2. The van der Waals surface area contributed by atoms with E-state index in [1.54, 1.807) is 6.07 Å². The van der Waals surface area contributed by atoms with Crippen LogP contribution in [-0.4, -0.2) is 13.2 Å². The van der Waals surface area contributed by atoms with Crippen molar-refractivity contribution in [1.29, 1.82) is 0 Å². The first kappa shape index (κ1) is 12.1. The first-order valence-electron chi connectivity index (χ1n) is 5.18. The average molecular weight is 212 g/mol. The van der Waals surface area contributed by atoms with Gasteiger partial charge in [0.2, 0.25) is 0 Å². The van der Waals surface area contributed by atoms with Gasteiger partial charge in [0.05, 0.1) is 0 Å². The molecule has 0 atom stereocenters. The summed E-state index contributed by atoms with van der Waals surface area (Å²) in [5.41, 5.74) is 1.74. The van der Waals surface area contributed by atoms with Crippen molar-refractivity contribution >= 4 is 0 Å². The molecular formula is C12H17FO2. The Hall–Kier alpha value is -0.930. The number of aryl methyl sites for hydroxylation is 1. The number of hydrogen-bond donors (Lipinski definition) is 0. The largest absolute Gasteiger partial charge is 0.349 e. The zero-order chi connectivity index (χ0) is 11.3. The van der Waals surface area contributed by atoms with Crippen LogP contribution in [0.25, 0.3) is 0 Å². The zero-order valence-electron chi connectivity index (χ0n) is 9.42. The van der Waals surface area contributed by atoms with Gasteiger partial charge in [0.1, 0.15) is 5.82 Å². The van der Waals surface area contributed by atoms with Gasteiger partial charge >= 0.3 is 0 Å². The van der Waals surface area contributed by atoms with Gasteiger partial charge in [0.25, 0.3) is 0 Å². The molecule has 1 aromatic rings. The lowest BCUT2D eigenvalue weighted by molar-refractivity contribution is -0.140. The molecule has 0 radical (unpaired) electrons. The van der Waals surface area contributed by atoms with Crippen molar-refractivity contribution in [3.63, 3.8) is 0 Å². The Labute approximate surface area is 90.0 Å². The van der Waals surface area contributed by atoms with E-state index in [1.165, 1.54) is 12.1 Å². The molecule has 1 aromatic carbocycles. The van der Waals surface area contributed by atoms with Gasteiger partial charge < -0.3 is 9.47 Å². The van der Waals surface area contributed by atoms with Crippen LogP contribution in [0.3, 0.4) is 0 Å². The number of benzene rings is 1. The molecule has 0 heterocycles. The Balaban J connectivity index is 2.89. The summed E-state index contributed by atoms with van der Waals surface area (Å²) in [4.78, 5) is 0. The van der Waals surface area contributed by atoms with Gasteiger partial charge in [-0.05, 0) is 38.5 Å². The Morgan fingerprint density at radius 3 is 2.27 bits per heavy atom. The van der Waals surface area contributed by atoms with E-state index in [0.29, 0.717) is 13.2 Å². The van der Waals surface area contributed by atoms with Crippen molar-refractivity contribution in [3.05, 3.63) is 35.1 Å². The normalized spacial score (nSPS) is 11.0. The molecule has 0 aromatic heterocycles. The fourth-order valence-corrected chi connectivity index (χ4v) is 1.43. The van der Waals surface area contributed by atoms with Crippen molar-refractivity contribution in [2.75, 3.05) is 13.2 Å². The lowest BCUT2D eigenvalue weighted by Gasteiger charge is -2.19. The molecule has 1 rings (SSSR count). The van der Waals surface area contributed by atoms with Gasteiger partial charge in [-0.2, -0.15) is 0 Å². The molecule has 0 aliphatic heterocycles. The summed E-state index contributed by atoms with van der Waals surface area (Å²) in [6, 6.07) is 4.62. The summed E-state index contributed by atoms with van der Waals surface area (Å²) in [5, 5.41) is 0. The van der Waals surface area contributed by atoms with Crippen molar-refractivity contribution in [3.8, 4) is 0 Å². The second-order valence-electron chi connectivity index (χ2n) is 3.24. The second-order valence-corrected chi connectivity index (χ2v) is 3.24. The molecule has 0 saturated carbocycles. The van der Waals surface area contributed by atoms with Gasteiger partial charge in [-0.15, -0.1) is 0 Å². The molecule has 0 fully saturated rings. The predicted octanol–water partition coefficient (Wildman–Crippen LogP) is 3.21. The van der Waals surface area contributed by atoms with Crippen LogP contribution in [0.4, 0.5) is 4.39 Å². The maximum atomic E-state index is 12.9. The molecule has 2 nitrogen and oxygen atoms in total. The summed E-state index contributed by atoms with van der Waals surface area (Å²) in [6.07, 6.45) is -0.388. The number of hydrogen-bond acceptors (Lipinski definition) is 2. The van der Waals surface area contributed by atoms with E-state index >= 15 is 0 Å². The molecule has 0 spiro atoms. The summed E-state index contributed by atoms with van der Waals surface area (Å²) < 4.78 is 23.8. The maximum Gasteiger partial charge on any atom is 0.184 e. The van der Waals surface area contributed by atoms with E-state index < -0.39 is 0 Å². The van der Waals surface area contributed by atoms with E-state index in [2.05, 4.69) is 0 Å². The fraction of sp³-hybridized carbons (Fsp3) is 0.500. The van der Waals surface area contributed by atoms with Crippen molar-refractivity contribution in [1.82, 2.24) is 0 Å². The Kier molecular flexibility index (Phi) is 4.72. The first-order chi connectivity index (χ1) is 7.19. The van der Waals surface area contributed by atoms with Crippen molar-refractivity contribution in [2.24, 2.45) is 0 Å². The van der Waals surface area contributed by atoms with Crippen LogP contribution in [0, 0.1) is 12.7 Å². The summed E-state index contributed by atoms with van der Waals surface area (Å²) in [6.45, 7) is 6.81. The van der Waals surface area contributed by atoms with Crippen molar-refractivity contribution < 1.29 is 13.9 Å². The van der Waals surface area contributed by atoms with Gasteiger partial charge in [0.15, 0.2) is 6.29 Å². The van der Waals surface area contributed by atoms with E-state index in [9.17, 15) is 4.39 Å². The highest BCUT2D eigenvalue weighted by atomic mass is 19.1. The number of halogens is 1. The fourth-order valence-electron chi connectivity index (χ4n) is 1.43. The highest BCUT2D eigenvalue weighted by Gasteiger charge is 2.13. The zero-order valence-corrected chi connectivity index (χ0v) is 9.42. The molecule has 0 aliphatic rings. The van der Waals surface area contributed by atoms with E-state index in [4.69, 9.17) is 9.47 Å². The van der Waals surface area contributed by atoms with Crippen LogP contribution in [0.2, 0.25) is 0 Å². The van der Waals surface area contributed by atoms with Gasteiger partial charge in [-0.3, -0.25) is 0 Å². The monoisotopic (exact) mass is 212 g/mol. The molecule has 0 unspecified atom stereocenters. The third-order valence-corrected chi connectivity index (χ3v) is 2.12. The van der Waals surface area contributed by atoms with Gasteiger partial charge in [-0.25, -0.2) is 4.39 Å². The molecule has 0 saturated heterocycles. The quantitative estimate of drug-likeness (QED) is 0.698. The summed E-state index contributed by atoms with van der Waals surface area (Å²) >= 11 is 0. The van der Waals surface area contributed by atoms with E-state index in [1.807, 2.05) is 20.8 Å². The van der Waals surface area contributed by atoms with Crippen molar-refractivity contribution in [2.45, 2.75) is 27.1 Å². The molecule has 15 heavy (non-hydrogen) atoms.